The normalized spacial score (nSPS) is 10.8. The van der Waals surface area contributed by atoms with Gasteiger partial charge in [0.15, 0.2) is 0 Å². The summed E-state index contributed by atoms with van der Waals surface area (Å²) in [4.78, 5) is 16.3. The number of aromatic nitrogens is 3. The van der Waals surface area contributed by atoms with Gasteiger partial charge in [-0.15, -0.1) is 5.10 Å². The summed E-state index contributed by atoms with van der Waals surface area (Å²) in [6.07, 6.45) is 0.262. The van der Waals surface area contributed by atoms with E-state index in [-0.39, 0.29) is 24.6 Å². The number of nitrogens with one attached hydrogen (secondary N) is 1. The van der Waals surface area contributed by atoms with Crippen LogP contribution in [0.15, 0.2) is 42.5 Å². The zero-order valence-corrected chi connectivity index (χ0v) is 13.8. The van der Waals surface area contributed by atoms with Crippen molar-refractivity contribution in [3.8, 4) is 5.69 Å². The Labute approximate surface area is 147 Å². The lowest BCUT2D eigenvalue weighted by atomic mass is 10.1. The summed E-state index contributed by atoms with van der Waals surface area (Å²) in [6, 6.07) is 8.83. The molecule has 0 saturated heterocycles. The molecule has 0 unspecified atom stereocenters. The monoisotopic (exact) mass is 360 g/mol. The molecule has 3 aromatic rings. The molecule has 0 aliphatic carbocycles. The van der Waals surface area contributed by atoms with Crippen molar-refractivity contribution in [3.05, 3.63) is 77.1 Å². The molecule has 0 saturated carbocycles. The van der Waals surface area contributed by atoms with Gasteiger partial charge in [-0.25, -0.2) is 22.8 Å². The lowest BCUT2D eigenvalue weighted by Crippen LogP contribution is -2.27. The summed E-state index contributed by atoms with van der Waals surface area (Å²) in [5.74, 6) is -1.79. The number of rotatable bonds is 5. The lowest BCUT2D eigenvalue weighted by molar-refractivity contribution is 0.0944. The Bertz CT molecular complexity index is 918. The van der Waals surface area contributed by atoms with Crippen molar-refractivity contribution in [2.24, 2.45) is 0 Å². The van der Waals surface area contributed by atoms with Crippen molar-refractivity contribution in [1.82, 2.24) is 20.1 Å². The Hall–Kier alpha value is -3.16. The minimum atomic E-state index is -0.665. The van der Waals surface area contributed by atoms with Gasteiger partial charge < -0.3 is 5.32 Å². The van der Waals surface area contributed by atoms with Gasteiger partial charge in [-0.2, -0.15) is 0 Å². The predicted octanol–water partition coefficient (Wildman–Crippen LogP) is 2.97. The highest BCUT2D eigenvalue weighted by Gasteiger charge is 2.15. The number of hydrogen-bond acceptors (Lipinski definition) is 3. The van der Waals surface area contributed by atoms with Gasteiger partial charge in [0.25, 0.3) is 5.91 Å². The van der Waals surface area contributed by atoms with Crippen molar-refractivity contribution in [2.75, 3.05) is 6.54 Å². The van der Waals surface area contributed by atoms with Gasteiger partial charge in [-0.3, -0.25) is 4.79 Å². The highest BCUT2D eigenvalue weighted by molar-refractivity contribution is 5.90. The van der Waals surface area contributed by atoms with E-state index in [0.29, 0.717) is 17.1 Å². The van der Waals surface area contributed by atoms with Crippen LogP contribution in [0.1, 0.15) is 22.0 Å². The molecule has 0 atom stereocenters. The van der Waals surface area contributed by atoms with Gasteiger partial charge in [0.1, 0.15) is 23.3 Å². The first kappa shape index (κ1) is 17.7. The summed E-state index contributed by atoms with van der Waals surface area (Å²) in [7, 11) is 0. The maximum atomic E-state index is 13.1. The minimum absolute atomic E-state index is 0.0442. The fraction of sp³-hybridized carbons (Fsp3) is 0.167. The molecule has 8 heteroatoms. The number of carbonyl (C=O) groups excluding carboxylic acids is 1. The molecule has 1 amide bonds. The smallest absolute Gasteiger partial charge is 0.290 e. The SMILES string of the molecule is Cc1nc(C(=O)NCCc2cc(F)cc(F)c2)nn1-c1ccc(F)cc1. The van der Waals surface area contributed by atoms with E-state index in [4.69, 9.17) is 0 Å². The van der Waals surface area contributed by atoms with E-state index in [1.807, 2.05) is 0 Å². The number of carbonyl (C=O) groups is 1. The van der Waals surface area contributed by atoms with Gasteiger partial charge in [0.05, 0.1) is 5.69 Å². The summed E-state index contributed by atoms with van der Waals surface area (Å²) in [5, 5.41) is 6.72. The molecular weight excluding hydrogens is 345 g/mol. The maximum absolute atomic E-state index is 13.1. The van der Waals surface area contributed by atoms with E-state index < -0.39 is 17.5 Å². The number of amides is 1. The number of halogens is 3. The summed E-state index contributed by atoms with van der Waals surface area (Å²) in [6.45, 7) is 1.84. The molecule has 134 valence electrons. The van der Waals surface area contributed by atoms with Crippen molar-refractivity contribution in [2.45, 2.75) is 13.3 Å². The molecular formula is C18H15F3N4O. The van der Waals surface area contributed by atoms with Gasteiger partial charge in [0.2, 0.25) is 5.82 Å². The molecule has 0 aliphatic rings. The van der Waals surface area contributed by atoms with Crippen molar-refractivity contribution in [3.63, 3.8) is 0 Å². The fourth-order valence-electron chi connectivity index (χ4n) is 2.47. The van der Waals surface area contributed by atoms with E-state index in [9.17, 15) is 18.0 Å². The van der Waals surface area contributed by atoms with E-state index >= 15 is 0 Å². The van der Waals surface area contributed by atoms with Crippen LogP contribution in [0.2, 0.25) is 0 Å². The summed E-state index contributed by atoms with van der Waals surface area (Å²) in [5.41, 5.74) is 1.01. The van der Waals surface area contributed by atoms with Gasteiger partial charge in [0, 0.05) is 12.6 Å². The molecule has 1 heterocycles. The molecule has 0 fully saturated rings. The predicted molar refractivity (Wildman–Crippen MR) is 88.4 cm³/mol. The molecule has 1 N–H and O–H groups in total. The van der Waals surface area contributed by atoms with E-state index in [0.717, 1.165) is 6.07 Å². The molecule has 1 aromatic heterocycles. The molecule has 3 rings (SSSR count). The van der Waals surface area contributed by atoms with E-state index in [1.165, 1.54) is 41.1 Å². The third kappa shape index (κ3) is 4.08. The molecule has 0 aliphatic heterocycles. The highest BCUT2D eigenvalue weighted by atomic mass is 19.1. The second-order valence-electron chi connectivity index (χ2n) is 5.65. The molecule has 0 radical (unpaired) electrons. The quantitative estimate of drug-likeness (QED) is 0.761. The van der Waals surface area contributed by atoms with Gasteiger partial charge in [-0.05, 0) is 55.3 Å². The average molecular weight is 360 g/mol. The summed E-state index contributed by atoms with van der Waals surface area (Å²) < 4.78 is 40.7. The van der Waals surface area contributed by atoms with Crippen LogP contribution in [0.25, 0.3) is 5.69 Å². The molecule has 2 aromatic carbocycles. The van der Waals surface area contributed by atoms with Crippen molar-refractivity contribution in [1.29, 1.82) is 0 Å². The Kier molecular flexibility index (Phi) is 5.01. The Balaban J connectivity index is 1.65. The second-order valence-corrected chi connectivity index (χ2v) is 5.65. The average Bonchev–Trinajstić information content (AvgIpc) is 2.96. The van der Waals surface area contributed by atoms with E-state index in [1.54, 1.807) is 6.92 Å². The topological polar surface area (TPSA) is 59.8 Å². The number of aryl methyl sites for hydroxylation is 1. The van der Waals surface area contributed by atoms with Crippen LogP contribution in [0.4, 0.5) is 13.2 Å². The van der Waals surface area contributed by atoms with Crippen LogP contribution in [-0.4, -0.2) is 27.2 Å². The standard InChI is InChI=1S/C18H15F3N4O/c1-11-23-17(24-25(11)16-4-2-13(19)3-5-16)18(26)22-7-6-12-8-14(20)10-15(21)9-12/h2-5,8-10H,6-7H2,1H3,(H,22,26). The van der Waals surface area contributed by atoms with Crippen LogP contribution in [0, 0.1) is 24.4 Å². The first-order valence-electron chi connectivity index (χ1n) is 7.85. The molecule has 0 spiro atoms. The maximum Gasteiger partial charge on any atom is 0.290 e. The third-order valence-corrected chi connectivity index (χ3v) is 3.66. The first-order chi connectivity index (χ1) is 12.4. The van der Waals surface area contributed by atoms with Crippen LogP contribution < -0.4 is 5.32 Å². The van der Waals surface area contributed by atoms with Crippen molar-refractivity contribution < 1.29 is 18.0 Å². The number of benzene rings is 2. The zero-order chi connectivity index (χ0) is 18.7. The van der Waals surface area contributed by atoms with Gasteiger partial charge in [-0.1, -0.05) is 0 Å². The minimum Gasteiger partial charge on any atom is -0.349 e. The van der Waals surface area contributed by atoms with E-state index in [2.05, 4.69) is 15.4 Å². The third-order valence-electron chi connectivity index (χ3n) is 3.66. The largest absolute Gasteiger partial charge is 0.349 e. The second kappa shape index (κ2) is 7.38. The molecule has 0 bridgehead atoms. The highest BCUT2D eigenvalue weighted by Crippen LogP contribution is 2.11. The van der Waals surface area contributed by atoms with Crippen LogP contribution in [-0.2, 0) is 6.42 Å². The van der Waals surface area contributed by atoms with Crippen LogP contribution in [0.5, 0.6) is 0 Å². The van der Waals surface area contributed by atoms with Crippen LogP contribution >= 0.6 is 0 Å². The fourth-order valence-corrected chi connectivity index (χ4v) is 2.47. The molecule has 5 nitrogen and oxygen atoms in total. The number of nitrogens with zero attached hydrogens (tertiary/aromatic N) is 3. The summed E-state index contributed by atoms with van der Waals surface area (Å²) >= 11 is 0. The Morgan fingerprint density at radius 3 is 2.35 bits per heavy atom. The van der Waals surface area contributed by atoms with Crippen LogP contribution in [0.3, 0.4) is 0 Å². The number of hydrogen-bond donors (Lipinski definition) is 1. The van der Waals surface area contributed by atoms with Crippen molar-refractivity contribution >= 4 is 5.91 Å². The lowest BCUT2D eigenvalue weighted by Gasteiger charge is -2.04. The Morgan fingerprint density at radius 2 is 1.69 bits per heavy atom. The molecule has 26 heavy (non-hydrogen) atoms. The first-order valence-corrected chi connectivity index (χ1v) is 7.85. The zero-order valence-electron chi connectivity index (χ0n) is 13.8. The Morgan fingerprint density at radius 1 is 1.04 bits per heavy atom. The van der Waals surface area contributed by atoms with Gasteiger partial charge >= 0.3 is 0 Å².